The molecule has 0 atom stereocenters. The van der Waals surface area contributed by atoms with Crippen molar-refractivity contribution >= 4 is 39.2 Å². The molecule has 0 unspecified atom stereocenters. The molecule has 0 saturated carbocycles. The first-order valence-electron chi connectivity index (χ1n) is 8.00. The van der Waals surface area contributed by atoms with Crippen LogP contribution in [0.1, 0.15) is 22.4 Å². The Morgan fingerprint density at radius 3 is 2.96 bits per heavy atom. The van der Waals surface area contributed by atoms with Crippen LogP contribution in [0.2, 0.25) is 0 Å². The number of nitrogens with one attached hydrogen (secondary N) is 1. The molecule has 1 N–H and O–H groups in total. The number of amides is 1. The van der Waals surface area contributed by atoms with Crippen LogP contribution in [0.3, 0.4) is 0 Å². The van der Waals surface area contributed by atoms with Crippen LogP contribution in [0.25, 0.3) is 10.2 Å². The highest BCUT2D eigenvalue weighted by Crippen LogP contribution is 2.39. The molecule has 1 aliphatic carbocycles. The normalized spacial score (nSPS) is 13.2. The third-order valence-corrected chi connectivity index (χ3v) is 6.33. The molecule has 0 fully saturated rings. The van der Waals surface area contributed by atoms with E-state index in [0.29, 0.717) is 12.3 Å². The number of carbonyl (C=O) groups is 1. The van der Waals surface area contributed by atoms with Crippen molar-refractivity contribution in [3.05, 3.63) is 52.7 Å². The van der Waals surface area contributed by atoms with E-state index in [1.54, 1.807) is 17.7 Å². The minimum Gasteiger partial charge on any atom is -0.351 e. The number of hydrogen-bond donors (Lipinski definition) is 1. The zero-order valence-corrected chi connectivity index (χ0v) is 14.8. The smallest absolute Gasteiger partial charge is 0.230 e. The molecule has 0 aliphatic heterocycles. The number of carbonyl (C=O) groups excluding carboxylic acids is 1. The number of aryl methyl sites for hydroxylation is 2. The van der Waals surface area contributed by atoms with Gasteiger partial charge in [0.25, 0.3) is 0 Å². The Balaban J connectivity index is 1.42. The number of aromatic nitrogens is 2. The lowest BCUT2D eigenvalue weighted by Crippen LogP contribution is -2.24. The Kier molecular flexibility index (Phi) is 4.49. The third kappa shape index (κ3) is 3.16. The third-order valence-electron chi connectivity index (χ3n) is 4.14. The number of hydrogen-bond acceptors (Lipinski definition) is 5. The van der Waals surface area contributed by atoms with Gasteiger partial charge in [-0.1, -0.05) is 42.1 Å². The Labute approximate surface area is 148 Å². The average Bonchev–Trinajstić information content (AvgIpc) is 3.20. The molecule has 2 heterocycles. The van der Waals surface area contributed by atoms with Crippen LogP contribution in [0.5, 0.6) is 0 Å². The van der Waals surface area contributed by atoms with E-state index in [1.165, 1.54) is 34.0 Å². The Morgan fingerprint density at radius 1 is 1.21 bits per heavy atom. The van der Waals surface area contributed by atoms with Crippen molar-refractivity contribution < 1.29 is 4.79 Å². The molecule has 24 heavy (non-hydrogen) atoms. The van der Waals surface area contributed by atoms with E-state index >= 15 is 0 Å². The van der Waals surface area contributed by atoms with Crippen LogP contribution >= 0.6 is 23.1 Å². The van der Waals surface area contributed by atoms with Crippen molar-refractivity contribution in [2.75, 3.05) is 5.75 Å². The molecule has 1 aromatic carbocycles. The van der Waals surface area contributed by atoms with Gasteiger partial charge in [0, 0.05) is 16.8 Å². The summed E-state index contributed by atoms with van der Waals surface area (Å²) in [7, 11) is 0. The zero-order chi connectivity index (χ0) is 16.4. The number of fused-ring (bicyclic) bond motifs is 3. The number of benzene rings is 1. The van der Waals surface area contributed by atoms with Gasteiger partial charge in [-0.2, -0.15) is 0 Å². The lowest BCUT2D eigenvalue weighted by atomic mass is 10.2. The molecular weight excluding hydrogens is 338 g/mol. The maximum atomic E-state index is 12.1. The maximum Gasteiger partial charge on any atom is 0.230 e. The van der Waals surface area contributed by atoms with E-state index in [9.17, 15) is 4.79 Å². The number of thioether (sulfide) groups is 1. The van der Waals surface area contributed by atoms with Gasteiger partial charge in [-0.3, -0.25) is 4.79 Å². The van der Waals surface area contributed by atoms with Gasteiger partial charge in [-0.15, -0.1) is 11.3 Å². The molecule has 122 valence electrons. The topological polar surface area (TPSA) is 54.9 Å². The van der Waals surface area contributed by atoms with Gasteiger partial charge in [0.05, 0.1) is 5.75 Å². The summed E-state index contributed by atoms with van der Waals surface area (Å²) in [4.78, 5) is 23.5. The predicted octanol–water partition coefficient (Wildman–Crippen LogP) is 3.59. The van der Waals surface area contributed by atoms with Gasteiger partial charge in [0.1, 0.15) is 16.2 Å². The molecule has 2 aromatic heterocycles. The summed E-state index contributed by atoms with van der Waals surface area (Å²) < 4.78 is 0. The van der Waals surface area contributed by atoms with Crippen LogP contribution in [0, 0.1) is 0 Å². The van der Waals surface area contributed by atoms with Gasteiger partial charge in [0.2, 0.25) is 5.91 Å². The van der Waals surface area contributed by atoms with Crippen LogP contribution in [-0.4, -0.2) is 21.6 Å². The Bertz CT molecular complexity index is 877. The largest absolute Gasteiger partial charge is 0.351 e. The van der Waals surface area contributed by atoms with Crippen LogP contribution < -0.4 is 5.32 Å². The SMILES string of the molecule is O=C(CSc1ncnc2sc3c(c12)CCC3)NCc1ccccc1. The summed E-state index contributed by atoms with van der Waals surface area (Å²) in [6, 6.07) is 9.95. The quantitative estimate of drug-likeness (QED) is 0.561. The minimum atomic E-state index is 0.0301. The minimum absolute atomic E-state index is 0.0301. The fraction of sp³-hybridized carbons (Fsp3) is 0.278. The summed E-state index contributed by atoms with van der Waals surface area (Å²) in [6.45, 7) is 0.563. The van der Waals surface area contributed by atoms with Crippen molar-refractivity contribution in [3.63, 3.8) is 0 Å². The highest BCUT2D eigenvalue weighted by molar-refractivity contribution is 8.00. The van der Waals surface area contributed by atoms with Crippen LogP contribution in [0.15, 0.2) is 41.7 Å². The van der Waals surface area contributed by atoms with Crippen molar-refractivity contribution in [2.24, 2.45) is 0 Å². The second kappa shape index (κ2) is 6.91. The van der Waals surface area contributed by atoms with Gasteiger partial charge in [-0.05, 0) is 30.4 Å². The summed E-state index contributed by atoms with van der Waals surface area (Å²) in [5.74, 6) is 0.409. The van der Waals surface area contributed by atoms with E-state index < -0.39 is 0 Å². The molecule has 0 bridgehead atoms. The molecule has 1 aliphatic rings. The van der Waals surface area contributed by atoms with E-state index in [-0.39, 0.29) is 5.91 Å². The lowest BCUT2D eigenvalue weighted by molar-refractivity contribution is -0.118. The van der Waals surface area contributed by atoms with Crippen molar-refractivity contribution in [1.29, 1.82) is 0 Å². The number of thiophene rings is 1. The molecule has 4 nitrogen and oxygen atoms in total. The highest BCUT2D eigenvalue weighted by Gasteiger charge is 2.21. The Morgan fingerprint density at radius 2 is 2.08 bits per heavy atom. The number of nitrogens with zero attached hydrogens (tertiary/aromatic N) is 2. The maximum absolute atomic E-state index is 12.1. The van der Waals surface area contributed by atoms with Crippen molar-refractivity contribution in [3.8, 4) is 0 Å². The molecule has 0 radical (unpaired) electrons. The van der Waals surface area contributed by atoms with Gasteiger partial charge >= 0.3 is 0 Å². The predicted molar refractivity (Wildman–Crippen MR) is 98.5 cm³/mol. The van der Waals surface area contributed by atoms with Crippen LogP contribution in [-0.2, 0) is 24.2 Å². The average molecular weight is 355 g/mol. The highest BCUT2D eigenvalue weighted by atomic mass is 32.2. The van der Waals surface area contributed by atoms with Crippen molar-refractivity contribution in [1.82, 2.24) is 15.3 Å². The van der Waals surface area contributed by atoms with Crippen molar-refractivity contribution in [2.45, 2.75) is 30.8 Å². The first-order valence-corrected chi connectivity index (χ1v) is 9.80. The standard InChI is InChI=1S/C18H17N3OS2/c22-15(19-9-12-5-2-1-3-6-12)10-23-17-16-13-7-4-8-14(13)24-18(16)21-11-20-17/h1-3,5-6,11H,4,7-10H2,(H,19,22). The first kappa shape index (κ1) is 15.6. The summed E-state index contributed by atoms with van der Waals surface area (Å²) in [6.07, 6.45) is 5.08. The van der Waals surface area contributed by atoms with Gasteiger partial charge < -0.3 is 5.32 Å². The molecule has 4 rings (SSSR count). The van der Waals surface area contributed by atoms with Crippen LogP contribution in [0.4, 0.5) is 0 Å². The van der Waals surface area contributed by atoms with E-state index in [1.807, 2.05) is 30.3 Å². The molecule has 1 amide bonds. The summed E-state index contributed by atoms with van der Waals surface area (Å²) in [5.41, 5.74) is 2.51. The first-order chi connectivity index (χ1) is 11.8. The molecule has 6 heteroatoms. The summed E-state index contributed by atoms with van der Waals surface area (Å²) >= 11 is 3.28. The van der Waals surface area contributed by atoms with E-state index in [4.69, 9.17) is 0 Å². The molecule has 0 saturated heterocycles. The summed E-state index contributed by atoms with van der Waals surface area (Å²) in [5, 5.41) is 5.08. The second-order valence-electron chi connectivity index (χ2n) is 5.77. The van der Waals surface area contributed by atoms with Gasteiger partial charge in [-0.25, -0.2) is 9.97 Å². The Hall–Kier alpha value is -1.92. The number of rotatable bonds is 5. The van der Waals surface area contributed by atoms with E-state index in [2.05, 4.69) is 15.3 Å². The lowest BCUT2D eigenvalue weighted by Gasteiger charge is -2.06. The molecule has 0 spiro atoms. The van der Waals surface area contributed by atoms with E-state index in [0.717, 1.165) is 28.3 Å². The second-order valence-corrected chi connectivity index (χ2v) is 7.81. The molecule has 3 aromatic rings. The fourth-order valence-electron chi connectivity index (χ4n) is 2.99. The zero-order valence-electron chi connectivity index (χ0n) is 13.1. The monoisotopic (exact) mass is 355 g/mol. The van der Waals surface area contributed by atoms with Gasteiger partial charge in [0.15, 0.2) is 0 Å². The fourth-order valence-corrected chi connectivity index (χ4v) is 5.14. The molecular formula is C18H17N3OS2.